The van der Waals surface area contributed by atoms with Crippen molar-refractivity contribution in [3.8, 4) is 0 Å². The Hall–Kier alpha value is -1.83. The molecule has 3 N–H and O–H groups in total. The van der Waals surface area contributed by atoms with Gasteiger partial charge in [-0.15, -0.1) is 0 Å². The van der Waals surface area contributed by atoms with E-state index in [4.69, 9.17) is 4.42 Å². The third-order valence-electron chi connectivity index (χ3n) is 12.3. The van der Waals surface area contributed by atoms with E-state index in [-0.39, 0.29) is 58.0 Å². The lowest BCUT2D eigenvalue weighted by Gasteiger charge is -2.63. The molecule has 4 saturated carbocycles. The largest absolute Gasteiger partial charge is 0.408 e. The van der Waals surface area contributed by atoms with Crippen molar-refractivity contribution in [2.45, 2.75) is 104 Å². The van der Waals surface area contributed by atoms with Crippen LogP contribution in [0.15, 0.2) is 21.3 Å². The van der Waals surface area contributed by atoms with Crippen LogP contribution in [0.4, 0.5) is 4.39 Å². The van der Waals surface area contributed by atoms with Crippen molar-refractivity contribution in [2.75, 3.05) is 0 Å². The zero-order valence-corrected chi connectivity index (χ0v) is 23.7. The van der Waals surface area contributed by atoms with Crippen molar-refractivity contribution in [2.24, 2.45) is 46.3 Å². The molecule has 4 aliphatic carbocycles. The molecule has 4 aliphatic rings. The summed E-state index contributed by atoms with van der Waals surface area (Å²) in [5.41, 5.74) is -0.182. The Morgan fingerprint density at radius 3 is 2.64 bits per heavy atom. The fourth-order valence-electron chi connectivity index (χ4n) is 10.1. The van der Waals surface area contributed by atoms with Gasteiger partial charge in [0.05, 0.1) is 23.8 Å². The number of benzene rings is 1. The van der Waals surface area contributed by atoms with Gasteiger partial charge < -0.3 is 19.7 Å². The van der Waals surface area contributed by atoms with Gasteiger partial charge in [-0.25, -0.2) is 14.2 Å². The standard InChI is InChI=1S/C32H44FNO5/c1-16(6-10-26-34-23-9-5-17(2)29(33)28(23)30(38)39-26)20-7-8-21-27-22(15-25(37)32(20,21)4)31(3)12-11-19(35)13-18(31)14-24(27)36/h5,9,16,18-22,24-25,27,35-37H,6-8,10-15H2,1-4H3/t16-,18+,19-,20-,21+,22?,24-,25+,27+,31+,32-/m1/s1. The van der Waals surface area contributed by atoms with Crippen LogP contribution in [-0.4, -0.2) is 38.6 Å². The number of rotatable bonds is 4. The summed E-state index contributed by atoms with van der Waals surface area (Å²) in [7, 11) is 0. The van der Waals surface area contributed by atoms with Crippen LogP contribution in [0.3, 0.4) is 0 Å². The third kappa shape index (κ3) is 4.13. The molecule has 0 amide bonds. The van der Waals surface area contributed by atoms with Gasteiger partial charge in [-0.2, -0.15) is 0 Å². The lowest BCUT2D eigenvalue weighted by Crippen LogP contribution is -2.62. The van der Waals surface area contributed by atoms with Crippen LogP contribution in [0.5, 0.6) is 0 Å². The van der Waals surface area contributed by atoms with Gasteiger partial charge in [0.2, 0.25) is 0 Å². The molecule has 0 radical (unpaired) electrons. The van der Waals surface area contributed by atoms with Crippen LogP contribution in [0.25, 0.3) is 10.9 Å². The monoisotopic (exact) mass is 541 g/mol. The first-order valence-electron chi connectivity index (χ1n) is 15.1. The topological polar surface area (TPSA) is 104 Å². The Labute approximate surface area is 230 Å². The van der Waals surface area contributed by atoms with Crippen molar-refractivity contribution in [1.82, 2.24) is 4.98 Å². The van der Waals surface area contributed by atoms with Gasteiger partial charge in [0.25, 0.3) is 0 Å². The maximum atomic E-state index is 14.5. The predicted molar refractivity (Wildman–Crippen MR) is 146 cm³/mol. The molecule has 2 aromatic rings. The maximum absolute atomic E-state index is 14.5. The summed E-state index contributed by atoms with van der Waals surface area (Å²) in [5.74, 6) is 1.35. The number of fused-ring (bicyclic) bond motifs is 6. The Morgan fingerprint density at radius 2 is 1.87 bits per heavy atom. The second-order valence-electron chi connectivity index (χ2n) is 14.0. The molecule has 11 atom stereocenters. The first kappa shape index (κ1) is 27.3. The SMILES string of the molecule is Cc1ccc2nc(CC[C@@H](C)[C@H]3CC[C@H]4[C@H]5C(C[C@H](O)[C@]34C)[C@@]3(C)CC[C@@H](O)C[C@H]3C[C@H]5O)oc(=O)c2c1F. The maximum Gasteiger partial charge on any atom is 0.349 e. The fraction of sp³-hybridized carbons (Fsp3) is 0.750. The normalized spacial score (nSPS) is 42.6. The molecule has 6 nitrogen and oxygen atoms in total. The van der Waals surface area contributed by atoms with E-state index in [1.54, 1.807) is 19.1 Å². The molecule has 1 heterocycles. The van der Waals surface area contributed by atoms with E-state index in [9.17, 15) is 24.5 Å². The van der Waals surface area contributed by atoms with Crippen molar-refractivity contribution >= 4 is 10.9 Å². The number of nitrogens with zero attached hydrogens (tertiary/aromatic N) is 1. The highest BCUT2D eigenvalue weighted by molar-refractivity contribution is 5.78. The first-order valence-corrected chi connectivity index (χ1v) is 15.1. The second kappa shape index (κ2) is 9.63. The Balaban J connectivity index is 1.21. The van der Waals surface area contributed by atoms with Crippen LogP contribution >= 0.6 is 0 Å². The lowest BCUT2D eigenvalue weighted by atomic mass is 9.43. The van der Waals surface area contributed by atoms with E-state index in [0.717, 1.165) is 44.9 Å². The predicted octanol–water partition coefficient (Wildman–Crippen LogP) is 5.17. The first-order chi connectivity index (χ1) is 18.4. The molecule has 0 saturated heterocycles. The van der Waals surface area contributed by atoms with Gasteiger partial charge in [-0.1, -0.05) is 26.8 Å². The number of halogens is 1. The minimum atomic E-state index is -0.682. The molecular weight excluding hydrogens is 497 g/mol. The highest BCUT2D eigenvalue weighted by Crippen LogP contribution is 2.68. The minimum absolute atomic E-state index is 0.0620. The molecular formula is C32H44FNO5. The van der Waals surface area contributed by atoms with Crippen LogP contribution in [-0.2, 0) is 6.42 Å². The molecule has 0 spiro atoms. The highest BCUT2D eigenvalue weighted by Gasteiger charge is 2.65. The summed E-state index contributed by atoms with van der Waals surface area (Å²) in [6.45, 7) is 8.44. The third-order valence-corrected chi connectivity index (χ3v) is 12.3. The van der Waals surface area contributed by atoms with Crippen LogP contribution in [0, 0.1) is 59.1 Å². The average Bonchev–Trinajstić information content (AvgIpc) is 3.25. The quantitative estimate of drug-likeness (QED) is 0.494. The smallest absolute Gasteiger partial charge is 0.349 e. The molecule has 1 unspecified atom stereocenters. The Bertz CT molecular complexity index is 1310. The fourth-order valence-corrected chi connectivity index (χ4v) is 10.1. The zero-order chi connectivity index (χ0) is 27.9. The molecule has 7 heteroatoms. The van der Waals surface area contributed by atoms with E-state index in [1.165, 1.54) is 0 Å². The van der Waals surface area contributed by atoms with Gasteiger partial charge in [-0.3, -0.25) is 0 Å². The summed E-state index contributed by atoms with van der Waals surface area (Å²) in [5, 5.41) is 33.5. The molecule has 39 heavy (non-hydrogen) atoms. The lowest BCUT2D eigenvalue weighted by molar-refractivity contribution is -0.207. The van der Waals surface area contributed by atoms with Gasteiger partial charge in [0.15, 0.2) is 5.89 Å². The summed E-state index contributed by atoms with van der Waals surface area (Å²) >= 11 is 0. The van der Waals surface area contributed by atoms with Gasteiger partial charge in [0.1, 0.15) is 11.2 Å². The van der Waals surface area contributed by atoms with Crippen LogP contribution in [0.1, 0.15) is 83.6 Å². The van der Waals surface area contributed by atoms with Crippen molar-refractivity contribution in [3.63, 3.8) is 0 Å². The number of aryl methyl sites for hydroxylation is 2. The molecule has 1 aromatic heterocycles. The Kier molecular flexibility index (Phi) is 6.75. The molecule has 0 bridgehead atoms. The van der Waals surface area contributed by atoms with Gasteiger partial charge >= 0.3 is 5.63 Å². The summed E-state index contributed by atoms with van der Waals surface area (Å²) in [6.07, 6.45) is 6.17. The van der Waals surface area contributed by atoms with E-state index >= 15 is 0 Å². The Morgan fingerprint density at radius 1 is 1.10 bits per heavy atom. The summed E-state index contributed by atoms with van der Waals surface area (Å²) in [6, 6.07) is 3.30. The highest BCUT2D eigenvalue weighted by atomic mass is 19.1. The van der Waals surface area contributed by atoms with Crippen LogP contribution in [0.2, 0.25) is 0 Å². The molecule has 1 aromatic carbocycles. The average molecular weight is 542 g/mol. The zero-order valence-electron chi connectivity index (χ0n) is 23.7. The number of hydrogen-bond acceptors (Lipinski definition) is 6. The summed E-state index contributed by atoms with van der Waals surface area (Å²) in [4.78, 5) is 17.0. The molecule has 6 rings (SSSR count). The minimum Gasteiger partial charge on any atom is -0.408 e. The van der Waals surface area contributed by atoms with E-state index in [1.807, 2.05) is 0 Å². The van der Waals surface area contributed by atoms with Crippen molar-refractivity contribution in [3.05, 3.63) is 39.8 Å². The molecule has 4 fully saturated rings. The van der Waals surface area contributed by atoms with Gasteiger partial charge in [0, 0.05) is 6.42 Å². The van der Waals surface area contributed by atoms with Crippen molar-refractivity contribution in [1.29, 1.82) is 0 Å². The van der Waals surface area contributed by atoms with E-state index in [0.29, 0.717) is 35.7 Å². The van der Waals surface area contributed by atoms with E-state index < -0.39 is 17.5 Å². The molecule has 0 aliphatic heterocycles. The number of hydrogen-bond donors (Lipinski definition) is 3. The summed E-state index contributed by atoms with van der Waals surface area (Å²) < 4.78 is 19.9. The number of aliphatic hydroxyl groups excluding tert-OH is 3. The number of aromatic nitrogens is 1. The second-order valence-corrected chi connectivity index (χ2v) is 14.0. The molecule has 214 valence electrons. The van der Waals surface area contributed by atoms with E-state index in [2.05, 4.69) is 25.8 Å². The van der Waals surface area contributed by atoms with Crippen molar-refractivity contribution < 1.29 is 24.1 Å². The van der Waals surface area contributed by atoms with Gasteiger partial charge in [-0.05, 0) is 116 Å². The van der Waals surface area contributed by atoms with Crippen LogP contribution < -0.4 is 5.63 Å². The number of aliphatic hydroxyl groups is 3.